The Morgan fingerprint density at radius 3 is 3.00 bits per heavy atom. The van der Waals surface area contributed by atoms with Gasteiger partial charge in [0.05, 0.1) is 18.1 Å². The van der Waals surface area contributed by atoms with Crippen molar-refractivity contribution in [1.29, 1.82) is 0 Å². The van der Waals surface area contributed by atoms with E-state index in [-0.39, 0.29) is 0 Å². The summed E-state index contributed by atoms with van der Waals surface area (Å²) in [5, 5.41) is 0. The van der Waals surface area contributed by atoms with Crippen molar-refractivity contribution in [2.45, 2.75) is 0 Å². The van der Waals surface area contributed by atoms with Gasteiger partial charge in [-0.2, -0.15) is 0 Å². The highest BCUT2D eigenvalue weighted by Gasteiger charge is 2.06. The van der Waals surface area contributed by atoms with Crippen molar-refractivity contribution >= 4 is 39.3 Å². The average Bonchev–Trinajstić information content (AvgIpc) is 2.70. The zero-order valence-corrected chi connectivity index (χ0v) is 10.1. The minimum Gasteiger partial charge on any atom is -0.497 e. The Hall–Kier alpha value is -1.07. The molecule has 1 heterocycles. The fourth-order valence-electron chi connectivity index (χ4n) is 1.36. The van der Waals surface area contributed by atoms with Crippen LogP contribution in [-0.2, 0) is 0 Å². The molecule has 0 aliphatic rings. The third-order valence-electron chi connectivity index (χ3n) is 2.13. The lowest BCUT2D eigenvalue weighted by Crippen LogP contribution is -2.01. The van der Waals surface area contributed by atoms with Gasteiger partial charge in [-0.25, -0.2) is 4.98 Å². The number of thiocarbonyl (C=S) groups is 1. The minimum absolute atomic E-state index is 0.783. The summed E-state index contributed by atoms with van der Waals surface area (Å²) in [5.41, 5.74) is 1.90. The normalized spacial score (nSPS) is 10.5. The van der Waals surface area contributed by atoms with Crippen molar-refractivity contribution in [1.82, 2.24) is 9.55 Å². The molecule has 0 radical (unpaired) electrons. The fourth-order valence-corrected chi connectivity index (χ4v) is 1.85. The Bertz CT molecular complexity index is 507. The van der Waals surface area contributed by atoms with Gasteiger partial charge in [-0.15, -0.1) is 0 Å². The number of thioether (sulfide) groups is 1. The van der Waals surface area contributed by atoms with Crippen LogP contribution >= 0.6 is 24.0 Å². The maximum absolute atomic E-state index is 5.23. The first kappa shape index (κ1) is 10.4. The SMILES string of the molecule is COc1ccc2ncn(C(=S)SC)c2c1. The Kier molecular flexibility index (Phi) is 2.93. The molecule has 0 saturated carbocycles. The summed E-state index contributed by atoms with van der Waals surface area (Å²) < 4.78 is 7.84. The molecule has 78 valence electrons. The van der Waals surface area contributed by atoms with Gasteiger partial charge >= 0.3 is 0 Å². The van der Waals surface area contributed by atoms with Gasteiger partial charge in [-0.05, 0) is 18.4 Å². The number of ether oxygens (including phenoxy) is 1. The Morgan fingerprint density at radius 2 is 2.33 bits per heavy atom. The summed E-state index contributed by atoms with van der Waals surface area (Å²) in [6.45, 7) is 0. The van der Waals surface area contributed by atoms with E-state index in [1.54, 1.807) is 13.4 Å². The molecular formula is C10H10N2OS2. The standard InChI is InChI=1S/C10H10N2OS2/c1-13-7-3-4-8-9(5-7)12(6-11-8)10(14)15-2/h3-6H,1-2H3. The summed E-state index contributed by atoms with van der Waals surface area (Å²) in [4.78, 5) is 4.27. The van der Waals surface area contributed by atoms with Crippen LogP contribution in [0, 0.1) is 0 Å². The molecule has 0 saturated heterocycles. The van der Waals surface area contributed by atoms with E-state index in [0.29, 0.717) is 0 Å². The van der Waals surface area contributed by atoms with Gasteiger partial charge in [0.1, 0.15) is 16.4 Å². The lowest BCUT2D eigenvalue weighted by Gasteiger charge is -2.03. The van der Waals surface area contributed by atoms with E-state index in [4.69, 9.17) is 17.0 Å². The van der Waals surface area contributed by atoms with Crippen LogP contribution in [0.15, 0.2) is 24.5 Å². The predicted molar refractivity (Wildman–Crippen MR) is 67.8 cm³/mol. The van der Waals surface area contributed by atoms with Gasteiger partial charge < -0.3 is 4.74 Å². The predicted octanol–water partition coefficient (Wildman–Crippen LogP) is 2.54. The summed E-state index contributed by atoms with van der Waals surface area (Å²) in [5.74, 6) is 0.813. The highest BCUT2D eigenvalue weighted by atomic mass is 32.2. The molecular weight excluding hydrogens is 228 g/mol. The van der Waals surface area contributed by atoms with Crippen molar-refractivity contribution in [2.24, 2.45) is 0 Å². The second kappa shape index (κ2) is 4.20. The lowest BCUT2D eigenvalue weighted by molar-refractivity contribution is 0.415. The summed E-state index contributed by atoms with van der Waals surface area (Å²) in [7, 11) is 1.65. The van der Waals surface area contributed by atoms with Crippen molar-refractivity contribution in [3.63, 3.8) is 0 Å². The average molecular weight is 238 g/mol. The molecule has 0 spiro atoms. The van der Waals surface area contributed by atoms with E-state index in [9.17, 15) is 0 Å². The van der Waals surface area contributed by atoms with E-state index >= 15 is 0 Å². The maximum atomic E-state index is 5.23. The highest BCUT2D eigenvalue weighted by Crippen LogP contribution is 2.21. The summed E-state index contributed by atoms with van der Waals surface area (Å²) in [6, 6.07) is 5.75. The minimum atomic E-state index is 0.783. The first-order valence-electron chi connectivity index (χ1n) is 4.35. The molecule has 1 aromatic heterocycles. The van der Waals surface area contributed by atoms with Crippen LogP contribution in [0.2, 0.25) is 0 Å². The topological polar surface area (TPSA) is 27.1 Å². The van der Waals surface area contributed by atoms with E-state index in [1.165, 1.54) is 11.8 Å². The fraction of sp³-hybridized carbons (Fsp3) is 0.200. The Balaban J connectivity index is 2.61. The van der Waals surface area contributed by atoms with Crippen LogP contribution in [0.4, 0.5) is 0 Å². The molecule has 0 aliphatic heterocycles. The Morgan fingerprint density at radius 1 is 1.53 bits per heavy atom. The zero-order valence-electron chi connectivity index (χ0n) is 8.43. The van der Waals surface area contributed by atoms with Gasteiger partial charge in [0, 0.05) is 6.07 Å². The lowest BCUT2D eigenvalue weighted by atomic mass is 10.3. The van der Waals surface area contributed by atoms with Crippen molar-refractivity contribution in [3.8, 4) is 5.75 Å². The van der Waals surface area contributed by atoms with Crippen LogP contribution in [-0.4, -0.2) is 27.2 Å². The zero-order chi connectivity index (χ0) is 10.8. The van der Waals surface area contributed by atoms with Crippen LogP contribution in [0.3, 0.4) is 0 Å². The molecule has 0 atom stereocenters. The number of hydrogen-bond donors (Lipinski definition) is 0. The molecule has 5 heteroatoms. The molecule has 0 fully saturated rings. The Labute approximate surface area is 97.4 Å². The van der Waals surface area contributed by atoms with Crippen molar-refractivity contribution in [3.05, 3.63) is 24.5 Å². The van der Waals surface area contributed by atoms with Gasteiger partial charge in [0.2, 0.25) is 0 Å². The van der Waals surface area contributed by atoms with E-state index in [2.05, 4.69) is 4.98 Å². The van der Waals surface area contributed by atoms with Gasteiger partial charge in [0.25, 0.3) is 0 Å². The molecule has 0 amide bonds. The number of benzene rings is 1. The molecule has 2 aromatic rings. The second-order valence-corrected chi connectivity index (χ2v) is 4.38. The number of rotatable bonds is 1. The number of aromatic nitrogens is 2. The number of methoxy groups -OCH3 is 1. The van der Waals surface area contributed by atoms with Crippen LogP contribution in [0.5, 0.6) is 5.75 Å². The molecule has 3 nitrogen and oxygen atoms in total. The molecule has 0 unspecified atom stereocenters. The number of hydrogen-bond acceptors (Lipinski definition) is 4. The van der Waals surface area contributed by atoms with Gasteiger partial charge in [0.15, 0.2) is 0 Å². The molecule has 0 bridgehead atoms. The van der Waals surface area contributed by atoms with Gasteiger partial charge in [-0.1, -0.05) is 24.0 Å². The number of nitrogens with zero attached hydrogens (tertiary/aromatic N) is 2. The van der Waals surface area contributed by atoms with E-state index in [1.807, 2.05) is 29.0 Å². The number of imidazole rings is 1. The first-order valence-corrected chi connectivity index (χ1v) is 5.99. The molecule has 2 rings (SSSR count). The van der Waals surface area contributed by atoms with Crippen molar-refractivity contribution < 1.29 is 4.74 Å². The van der Waals surface area contributed by atoms with Gasteiger partial charge in [-0.3, -0.25) is 4.57 Å². The van der Waals surface area contributed by atoms with Crippen LogP contribution < -0.4 is 4.74 Å². The van der Waals surface area contributed by atoms with Crippen LogP contribution in [0.1, 0.15) is 0 Å². The second-order valence-electron chi connectivity index (χ2n) is 2.94. The summed E-state index contributed by atoms with van der Waals surface area (Å²) in [6.07, 6.45) is 3.69. The molecule has 0 aliphatic carbocycles. The number of fused-ring (bicyclic) bond motifs is 1. The summed E-state index contributed by atoms with van der Waals surface area (Å²) >= 11 is 6.75. The molecule has 0 N–H and O–H groups in total. The largest absolute Gasteiger partial charge is 0.497 e. The van der Waals surface area contributed by atoms with E-state index in [0.717, 1.165) is 21.1 Å². The highest BCUT2D eigenvalue weighted by molar-refractivity contribution is 8.22. The third kappa shape index (κ3) is 1.85. The monoisotopic (exact) mass is 238 g/mol. The third-order valence-corrected chi connectivity index (χ3v) is 3.37. The smallest absolute Gasteiger partial charge is 0.145 e. The van der Waals surface area contributed by atoms with Crippen LogP contribution in [0.25, 0.3) is 11.0 Å². The van der Waals surface area contributed by atoms with Crippen molar-refractivity contribution in [2.75, 3.05) is 13.4 Å². The first-order chi connectivity index (χ1) is 7.26. The maximum Gasteiger partial charge on any atom is 0.145 e. The van der Waals surface area contributed by atoms with E-state index < -0.39 is 0 Å². The molecule has 1 aromatic carbocycles. The molecule has 15 heavy (non-hydrogen) atoms. The quantitative estimate of drug-likeness (QED) is 0.713.